The van der Waals surface area contributed by atoms with E-state index in [0.717, 1.165) is 25.7 Å². The van der Waals surface area contributed by atoms with E-state index in [2.05, 4.69) is 5.32 Å². The fraction of sp³-hybridized carbons (Fsp3) is 0.500. The monoisotopic (exact) mass is 284 g/mol. The van der Waals surface area contributed by atoms with E-state index in [1.807, 2.05) is 0 Å². The molecule has 2 rings (SSSR count). The molecular weight excluding hydrogens is 267 g/mol. The second kappa shape index (κ2) is 5.88. The Morgan fingerprint density at radius 2 is 2.05 bits per heavy atom. The Morgan fingerprint density at radius 3 is 2.74 bits per heavy atom. The Hall–Kier alpha value is -1.13. The third kappa shape index (κ3) is 3.67. The summed E-state index contributed by atoms with van der Waals surface area (Å²) in [6.07, 6.45) is 5.18. The summed E-state index contributed by atoms with van der Waals surface area (Å²) in [4.78, 5) is 11.9. The van der Waals surface area contributed by atoms with Gasteiger partial charge in [-0.1, -0.05) is 36.9 Å². The zero-order valence-corrected chi connectivity index (χ0v) is 11.5. The van der Waals surface area contributed by atoms with E-state index in [1.165, 1.54) is 18.6 Å². The normalized spacial score (nSPS) is 18.1. The van der Waals surface area contributed by atoms with Crippen LogP contribution in [0.2, 0.25) is 5.02 Å². The second-order valence-corrected chi connectivity index (χ2v) is 5.66. The van der Waals surface area contributed by atoms with Gasteiger partial charge in [-0.25, -0.2) is 4.39 Å². The van der Waals surface area contributed by atoms with Crippen molar-refractivity contribution >= 4 is 23.2 Å². The number of anilines is 1. The van der Waals surface area contributed by atoms with Gasteiger partial charge in [-0.05, 0) is 25.0 Å². The molecule has 0 spiro atoms. The Bertz CT molecular complexity index is 473. The molecule has 1 fully saturated rings. The van der Waals surface area contributed by atoms with Crippen LogP contribution in [-0.2, 0) is 4.79 Å². The van der Waals surface area contributed by atoms with Gasteiger partial charge in [-0.15, -0.1) is 0 Å². The number of rotatable bonds is 3. The van der Waals surface area contributed by atoms with Gasteiger partial charge in [0.2, 0.25) is 5.91 Å². The molecule has 0 unspecified atom stereocenters. The van der Waals surface area contributed by atoms with E-state index < -0.39 is 11.4 Å². The zero-order chi connectivity index (χ0) is 13.9. The summed E-state index contributed by atoms with van der Waals surface area (Å²) >= 11 is 5.67. The molecule has 1 aromatic rings. The number of carbonyl (C=O) groups excluding carboxylic acids is 1. The van der Waals surface area contributed by atoms with Crippen LogP contribution in [0.25, 0.3) is 0 Å². The zero-order valence-electron chi connectivity index (χ0n) is 10.7. The Kier molecular flexibility index (Phi) is 4.42. The summed E-state index contributed by atoms with van der Waals surface area (Å²) < 4.78 is 13.7. The van der Waals surface area contributed by atoms with Gasteiger partial charge in [0.15, 0.2) is 5.82 Å². The molecule has 1 amide bonds. The first-order valence-corrected chi connectivity index (χ1v) is 6.91. The molecule has 5 heteroatoms. The summed E-state index contributed by atoms with van der Waals surface area (Å²) in [5, 5.41) is 2.54. The predicted octanol–water partition coefficient (Wildman–Crippen LogP) is 3.47. The van der Waals surface area contributed by atoms with Crippen molar-refractivity contribution in [3.63, 3.8) is 0 Å². The van der Waals surface area contributed by atoms with Gasteiger partial charge in [-0.2, -0.15) is 0 Å². The molecule has 1 aromatic carbocycles. The van der Waals surface area contributed by atoms with E-state index >= 15 is 0 Å². The lowest BCUT2D eigenvalue weighted by atomic mass is 9.80. The van der Waals surface area contributed by atoms with E-state index in [4.69, 9.17) is 17.3 Å². The minimum absolute atomic E-state index is 0.00192. The number of nitrogens with two attached hydrogens (primary N) is 1. The molecule has 0 heterocycles. The van der Waals surface area contributed by atoms with Crippen LogP contribution in [0.3, 0.4) is 0 Å². The number of benzene rings is 1. The highest BCUT2D eigenvalue weighted by Gasteiger charge is 2.30. The molecule has 0 saturated heterocycles. The summed E-state index contributed by atoms with van der Waals surface area (Å²) in [5.74, 6) is -0.863. The number of carbonyl (C=O) groups is 1. The molecule has 0 aliphatic heterocycles. The largest absolute Gasteiger partial charge is 0.325 e. The number of amides is 1. The van der Waals surface area contributed by atoms with Gasteiger partial charge in [0, 0.05) is 12.0 Å². The summed E-state index contributed by atoms with van der Waals surface area (Å²) in [5.41, 5.74) is 5.86. The van der Waals surface area contributed by atoms with Crippen molar-refractivity contribution < 1.29 is 9.18 Å². The Morgan fingerprint density at radius 1 is 1.37 bits per heavy atom. The summed E-state index contributed by atoms with van der Waals surface area (Å²) in [7, 11) is 0. The van der Waals surface area contributed by atoms with E-state index in [1.54, 1.807) is 6.07 Å². The van der Waals surface area contributed by atoms with Gasteiger partial charge in [0.1, 0.15) is 0 Å². The van der Waals surface area contributed by atoms with Crippen molar-refractivity contribution in [2.24, 2.45) is 5.73 Å². The maximum Gasteiger partial charge on any atom is 0.226 e. The molecule has 0 radical (unpaired) electrons. The first-order chi connectivity index (χ1) is 9.00. The smallest absolute Gasteiger partial charge is 0.226 e. The molecule has 0 aromatic heterocycles. The minimum Gasteiger partial charge on any atom is -0.325 e. The fourth-order valence-electron chi connectivity index (χ4n) is 2.55. The van der Waals surface area contributed by atoms with Crippen LogP contribution in [0, 0.1) is 5.82 Å². The number of halogens is 2. The lowest BCUT2D eigenvalue weighted by Crippen LogP contribution is -2.44. The van der Waals surface area contributed by atoms with Crippen LogP contribution in [-0.4, -0.2) is 11.4 Å². The SMILES string of the molecule is NC1(CC(=O)Nc2cccc(Cl)c2F)CCCCC1. The van der Waals surface area contributed by atoms with Crippen molar-refractivity contribution in [2.45, 2.75) is 44.1 Å². The molecule has 3 nitrogen and oxygen atoms in total. The van der Waals surface area contributed by atoms with E-state index in [-0.39, 0.29) is 23.0 Å². The van der Waals surface area contributed by atoms with Crippen molar-refractivity contribution in [1.82, 2.24) is 0 Å². The highest BCUT2D eigenvalue weighted by atomic mass is 35.5. The molecule has 1 aliphatic rings. The van der Waals surface area contributed by atoms with Crippen LogP contribution in [0.1, 0.15) is 38.5 Å². The Labute approximate surface area is 117 Å². The molecule has 3 N–H and O–H groups in total. The average Bonchev–Trinajstić information content (AvgIpc) is 2.35. The standard InChI is InChI=1S/C14H18ClFN2O/c15-10-5-4-6-11(13(10)16)18-12(19)9-14(17)7-2-1-3-8-14/h4-6H,1-3,7-9,17H2,(H,18,19). The van der Waals surface area contributed by atoms with Crippen LogP contribution in [0.15, 0.2) is 18.2 Å². The van der Waals surface area contributed by atoms with E-state index in [9.17, 15) is 9.18 Å². The molecule has 0 atom stereocenters. The average molecular weight is 285 g/mol. The number of hydrogen-bond donors (Lipinski definition) is 2. The highest BCUT2D eigenvalue weighted by Crippen LogP contribution is 2.29. The molecular formula is C14H18ClFN2O. The molecule has 1 aliphatic carbocycles. The first-order valence-electron chi connectivity index (χ1n) is 6.53. The Balaban J connectivity index is 1.99. The van der Waals surface area contributed by atoms with Crippen molar-refractivity contribution in [3.8, 4) is 0 Å². The lowest BCUT2D eigenvalue weighted by Gasteiger charge is -2.32. The van der Waals surface area contributed by atoms with Gasteiger partial charge < -0.3 is 11.1 Å². The maximum atomic E-state index is 13.7. The molecule has 104 valence electrons. The molecule has 19 heavy (non-hydrogen) atoms. The number of nitrogens with one attached hydrogen (secondary N) is 1. The first kappa shape index (κ1) is 14.3. The highest BCUT2D eigenvalue weighted by molar-refractivity contribution is 6.31. The van der Waals surface area contributed by atoms with Crippen molar-refractivity contribution in [2.75, 3.05) is 5.32 Å². The van der Waals surface area contributed by atoms with Gasteiger partial charge in [0.05, 0.1) is 10.7 Å². The third-order valence-electron chi connectivity index (χ3n) is 3.59. The summed E-state index contributed by atoms with van der Waals surface area (Å²) in [6.45, 7) is 0. The van der Waals surface area contributed by atoms with Crippen LogP contribution in [0.4, 0.5) is 10.1 Å². The summed E-state index contributed by atoms with van der Waals surface area (Å²) in [6, 6.07) is 4.53. The minimum atomic E-state index is -0.604. The van der Waals surface area contributed by atoms with Crippen molar-refractivity contribution in [1.29, 1.82) is 0 Å². The third-order valence-corrected chi connectivity index (χ3v) is 3.88. The fourth-order valence-corrected chi connectivity index (χ4v) is 2.72. The molecule has 0 bridgehead atoms. The van der Waals surface area contributed by atoms with E-state index in [0.29, 0.717) is 0 Å². The van der Waals surface area contributed by atoms with Gasteiger partial charge in [-0.3, -0.25) is 4.79 Å². The maximum absolute atomic E-state index is 13.7. The van der Waals surface area contributed by atoms with Gasteiger partial charge in [0.25, 0.3) is 0 Å². The van der Waals surface area contributed by atoms with Gasteiger partial charge >= 0.3 is 0 Å². The lowest BCUT2D eigenvalue weighted by molar-refractivity contribution is -0.117. The second-order valence-electron chi connectivity index (χ2n) is 5.25. The van der Waals surface area contributed by atoms with Crippen molar-refractivity contribution in [3.05, 3.63) is 29.0 Å². The number of hydrogen-bond acceptors (Lipinski definition) is 2. The van der Waals surface area contributed by atoms with Crippen LogP contribution in [0.5, 0.6) is 0 Å². The topological polar surface area (TPSA) is 55.1 Å². The molecule has 1 saturated carbocycles. The predicted molar refractivity (Wildman–Crippen MR) is 74.7 cm³/mol. The van der Waals surface area contributed by atoms with Crippen LogP contribution >= 0.6 is 11.6 Å². The quantitative estimate of drug-likeness (QED) is 0.893. The van der Waals surface area contributed by atoms with Crippen LogP contribution < -0.4 is 11.1 Å².